The van der Waals surface area contributed by atoms with Gasteiger partial charge in [-0.2, -0.15) is 10.2 Å². The highest BCUT2D eigenvalue weighted by Gasteiger charge is 2.09. The summed E-state index contributed by atoms with van der Waals surface area (Å²) in [4.78, 5) is 0. The molecule has 0 aliphatic heterocycles. The van der Waals surface area contributed by atoms with E-state index in [1.807, 2.05) is 34.7 Å². The smallest absolute Gasteiger partial charge is 0.0849 e. The van der Waals surface area contributed by atoms with E-state index in [4.69, 9.17) is 0 Å². The van der Waals surface area contributed by atoms with E-state index < -0.39 is 6.10 Å². The Morgan fingerprint density at radius 2 is 2.11 bits per heavy atom. The molecule has 0 aliphatic rings. The van der Waals surface area contributed by atoms with E-state index in [-0.39, 0.29) is 0 Å². The first-order chi connectivity index (χ1) is 9.13. The van der Waals surface area contributed by atoms with Gasteiger partial charge in [0.25, 0.3) is 0 Å². The fraction of sp³-hybridized carbons (Fsp3) is 0.571. The Morgan fingerprint density at radius 3 is 2.79 bits per heavy atom. The number of aliphatic hydroxyl groups excluding tert-OH is 1. The first-order valence-electron chi connectivity index (χ1n) is 6.88. The van der Waals surface area contributed by atoms with Gasteiger partial charge in [0.15, 0.2) is 0 Å². The first-order valence-corrected chi connectivity index (χ1v) is 6.88. The van der Waals surface area contributed by atoms with Crippen LogP contribution in [0.1, 0.15) is 57.0 Å². The summed E-state index contributed by atoms with van der Waals surface area (Å²) in [6.45, 7) is 6.90. The SMILES string of the molecule is CCC(O)c1cnn(Cc2ccn(C(C)CC)n2)c1. The van der Waals surface area contributed by atoms with Crippen LogP contribution < -0.4 is 0 Å². The van der Waals surface area contributed by atoms with Gasteiger partial charge in [0.2, 0.25) is 0 Å². The largest absolute Gasteiger partial charge is 0.388 e. The number of aliphatic hydroxyl groups is 1. The zero-order valence-corrected chi connectivity index (χ0v) is 11.8. The Balaban J connectivity index is 2.04. The Morgan fingerprint density at radius 1 is 1.32 bits per heavy atom. The van der Waals surface area contributed by atoms with Crippen LogP contribution in [-0.2, 0) is 6.54 Å². The van der Waals surface area contributed by atoms with E-state index in [0.717, 1.165) is 17.7 Å². The van der Waals surface area contributed by atoms with E-state index >= 15 is 0 Å². The molecule has 1 N–H and O–H groups in total. The Hall–Kier alpha value is -1.62. The van der Waals surface area contributed by atoms with Crippen molar-refractivity contribution in [1.29, 1.82) is 0 Å². The molecule has 0 fully saturated rings. The van der Waals surface area contributed by atoms with Crippen molar-refractivity contribution < 1.29 is 5.11 Å². The maximum Gasteiger partial charge on any atom is 0.0849 e. The highest BCUT2D eigenvalue weighted by atomic mass is 16.3. The number of aromatic nitrogens is 4. The van der Waals surface area contributed by atoms with Crippen LogP contribution in [0.5, 0.6) is 0 Å². The van der Waals surface area contributed by atoms with Gasteiger partial charge in [0.1, 0.15) is 0 Å². The molecule has 0 saturated carbocycles. The third kappa shape index (κ3) is 3.23. The lowest BCUT2D eigenvalue weighted by atomic mass is 10.2. The number of hydrogen-bond acceptors (Lipinski definition) is 3. The van der Waals surface area contributed by atoms with Gasteiger partial charge in [-0.1, -0.05) is 13.8 Å². The predicted octanol–water partition coefficient (Wildman–Crippen LogP) is 2.54. The maximum absolute atomic E-state index is 9.74. The molecule has 2 heterocycles. The summed E-state index contributed by atoms with van der Waals surface area (Å²) in [5.41, 5.74) is 1.85. The minimum absolute atomic E-state index is 0.420. The van der Waals surface area contributed by atoms with Gasteiger partial charge >= 0.3 is 0 Å². The molecule has 2 aromatic rings. The summed E-state index contributed by atoms with van der Waals surface area (Å²) in [6, 6.07) is 2.44. The summed E-state index contributed by atoms with van der Waals surface area (Å²) >= 11 is 0. The molecule has 2 atom stereocenters. The standard InChI is InChI=1S/C14H22N4O/c1-4-11(3)18-7-6-13(16-18)10-17-9-12(8-15-17)14(19)5-2/h6-9,11,14,19H,4-5,10H2,1-3H3. The number of rotatable bonds is 6. The topological polar surface area (TPSA) is 55.9 Å². The summed E-state index contributed by atoms with van der Waals surface area (Å²) in [5.74, 6) is 0. The second-order valence-electron chi connectivity index (χ2n) is 4.94. The molecule has 0 radical (unpaired) electrons. The molecule has 19 heavy (non-hydrogen) atoms. The normalized spacial score (nSPS) is 14.5. The van der Waals surface area contributed by atoms with Gasteiger partial charge in [-0.15, -0.1) is 0 Å². The number of hydrogen-bond donors (Lipinski definition) is 1. The summed E-state index contributed by atoms with van der Waals surface area (Å²) in [7, 11) is 0. The van der Waals surface area contributed by atoms with Crippen LogP contribution >= 0.6 is 0 Å². The summed E-state index contributed by atoms with van der Waals surface area (Å²) < 4.78 is 3.80. The van der Waals surface area contributed by atoms with E-state index in [0.29, 0.717) is 19.0 Å². The van der Waals surface area contributed by atoms with Crippen molar-refractivity contribution in [3.63, 3.8) is 0 Å². The van der Waals surface area contributed by atoms with E-state index in [1.54, 1.807) is 6.20 Å². The predicted molar refractivity (Wildman–Crippen MR) is 73.8 cm³/mol. The average molecular weight is 262 g/mol. The quantitative estimate of drug-likeness (QED) is 0.870. The molecule has 0 amide bonds. The highest BCUT2D eigenvalue weighted by molar-refractivity contribution is 5.09. The van der Waals surface area contributed by atoms with Gasteiger partial charge in [-0.25, -0.2) is 0 Å². The van der Waals surface area contributed by atoms with Crippen molar-refractivity contribution in [2.75, 3.05) is 0 Å². The van der Waals surface area contributed by atoms with Crippen LogP contribution in [0, 0.1) is 0 Å². The molecule has 2 rings (SSSR count). The molecule has 0 aliphatic carbocycles. The molecular formula is C14H22N4O. The summed E-state index contributed by atoms with van der Waals surface area (Å²) in [5, 5.41) is 18.6. The minimum atomic E-state index is -0.425. The van der Waals surface area contributed by atoms with Gasteiger partial charge in [-0.3, -0.25) is 9.36 Å². The Kier molecular flexibility index (Phi) is 4.37. The first kappa shape index (κ1) is 13.8. The third-order valence-electron chi connectivity index (χ3n) is 3.45. The second-order valence-corrected chi connectivity index (χ2v) is 4.94. The maximum atomic E-state index is 9.74. The van der Waals surface area contributed by atoms with E-state index in [2.05, 4.69) is 24.0 Å². The van der Waals surface area contributed by atoms with Crippen LogP contribution in [0.2, 0.25) is 0 Å². The lowest BCUT2D eigenvalue weighted by molar-refractivity contribution is 0.173. The van der Waals surface area contributed by atoms with Crippen molar-refractivity contribution in [2.24, 2.45) is 0 Å². The molecule has 0 spiro atoms. The second kappa shape index (κ2) is 6.02. The molecule has 2 unspecified atom stereocenters. The molecule has 0 saturated heterocycles. The fourth-order valence-electron chi connectivity index (χ4n) is 1.93. The van der Waals surface area contributed by atoms with Gasteiger partial charge in [0.05, 0.1) is 24.5 Å². The number of nitrogens with zero attached hydrogens (tertiary/aromatic N) is 4. The molecule has 5 heteroatoms. The van der Waals surface area contributed by atoms with Gasteiger partial charge < -0.3 is 5.11 Å². The van der Waals surface area contributed by atoms with E-state index in [9.17, 15) is 5.11 Å². The molecule has 2 aromatic heterocycles. The monoisotopic (exact) mass is 262 g/mol. The van der Waals surface area contributed by atoms with Crippen LogP contribution in [0.25, 0.3) is 0 Å². The van der Waals surface area contributed by atoms with Crippen molar-refractivity contribution >= 4 is 0 Å². The van der Waals surface area contributed by atoms with Crippen molar-refractivity contribution in [2.45, 2.75) is 52.3 Å². The lowest BCUT2D eigenvalue weighted by Gasteiger charge is -2.08. The molecule has 104 valence electrons. The highest BCUT2D eigenvalue weighted by Crippen LogP contribution is 2.15. The van der Waals surface area contributed by atoms with Crippen LogP contribution in [-0.4, -0.2) is 24.7 Å². The van der Waals surface area contributed by atoms with Crippen LogP contribution in [0.4, 0.5) is 0 Å². The fourth-order valence-corrected chi connectivity index (χ4v) is 1.93. The molecular weight excluding hydrogens is 240 g/mol. The Labute approximate surface area is 113 Å². The van der Waals surface area contributed by atoms with Crippen LogP contribution in [0.15, 0.2) is 24.7 Å². The molecule has 5 nitrogen and oxygen atoms in total. The van der Waals surface area contributed by atoms with Crippen LogP contribution in [0.3, 0.4) is 0 Å². The van der Waals surface area contributed by atoms with E-state index in [1.165, 1.54) is 0 Å². The zero-order chi connectivity index (χ0) is 13.8. The average Bonchev–Trinajstić information content (AvgIpc) is 3.07. The van der Waals surface area contributed by atoms with Crippen molar-refractivity contribution in [3.05, 3.63) is 35.9 Å². The van der Waals surface area contributed by atoms with Gasteiger partial charge in [-0.05, 0) is 25.8 Å². The zero-order valence-electron chi connectivity index (χ0n) is 11.8. The van der Waals surface area contributed by atoms with Crippen molar-refractivity contribution in [1.82, 2.24) is 19.6 Å². The van der Waals surface area contributed by atoms with Gasteiger partial charge in [0, 0.05) is 24.0 Å². The Bertz CT molecular complexity index is 471. The molecule has 0 bridgehead atoms. The minimum Gasteiger partial charge on any atom is -0.388 e. The third-order valence-corrected chi connectivity index (χ3v) is 3.45. The lowest BCUT2D eigenvalue weighted by Crippen LogP contribution is -2.06. The summed E-state index contributed by atoms with van der Waals surface area (Å²) in [6.07, 6.45) is 6.96. The van der Waals surface area contributed by atoms with Crippen molar-refractivity contribution in [3.8, 4) is 0 Å². The molecule has 0 aromatic carbocycles.